The van der Waals surface area contributed by atoms with Crippen LogP contribution in [0.15, 0.2) is 18.2 Å². The molecule has 4 heteroatoms. The van der Waals surface area contributed by atoms with E-state index in [0.717, 1.165) is 6.54 Å². The van der Waals surface area contributed by atoms with Crippen molar-refractivity contribution in [3.05, 3.63) is 34.6 Å². The van der Waals surface area contributed by atoms with Crippen molar-refractivity contribution in [2.75, 3.05) is 19.6 Å². The fraction of sp³-hybridized carbons (Fsp3) is 0.625. The number of hydrogen-bond donors (Lipinski definition) is 1. The number of rotatable bonds is 6. The summed E-state index contributed by atoms with van der Waals surface area (Å²) >= 11 is 5.76. The molecule has 0 bridgehead atoms. The van der Waals surface area contributed by atoms with Gasteiger partial charge < -0.3 is 5.32 Å². The maximum Gasteiger partial charge on any atom is 0.129 e. The minimum Gasteiger partial charge on any atom is -0.311 e. The molecular formula is C16H24ClFN2. The Kier molecular flexibility index (Phi) is 5.82. The van der Waals surface area contributed by atoms with Gasteiger partial charge in [0.05, 0.1) is 0 Å². The van der Waals surface area contributed by atoms with E-state index in [1.807, 2.05) is 0 Å². The average Bonchev–Trinajstić information content (AvgIpc) is 2.90. The molecule has 1 N–H and O–H groups in total. The first-order chi connectivity index (χ1) is 9.58. The Bertz CT molecular complexity index is 430. The molecule has 1 aliphatic rings. The fourth-order valence-corrected chi connectivity index (χ4v) is 3.04. The molecule has 0 aromatic heterocycles. The number of halogens is 2. The highest BCUT2D eigenvalue weighted by Crippen LogP contribution is 2.18. The smallest absolute Gasteiger partial charge is 0.129 e. The molecule has 0 saturated carbocycles. The predicted molar refractivity (Wildman–Crippen MR) is 82.5 cm³/mol. The molecule has 0 radical (unpaired) electrons. The molecule has 2 nitrogen and oxygen atoms in total. The second-order valence-corrected chi connectivity index (χ2v) is 6.36. The van der Waals surface area contributed by atoms with Gasteiger partial charge in [-0.2, -0.15) is 0 Å². The Labute approximate surface area is 126 Å². The summed E-state index contributed by atoms with van der Waals surface area (Å²) in [5, 5.41) is 3.84. The zero-order valence-corrected chi connectivity index (χ0v) is 13.1. The molecule has 1 aromatic carbocycles. The van der Waals surface area contributed by atoms with E-state index in [4.69, 9.17) is 11.6 Å². The van der Waals surface area contributed by atoms with Crippen LogP contribution in [0.25, 0.3) is 0 Å². The molecule has 0 spiro atoms. The van der Waals surface area contributed by atoms with Gasteiger partial charge in [0.15, 0.2) is 0 Å². The van der Waals surface area contributed by atoms with Crippen molar-refractivity contribution in [1.29, 1.82) is 0 Å². The van der Waals surface area contributed by atoms with Crippen molar-refractivity contribution in [2.45, 2.75) is 39.3 Å². The van der Waals surface area contributed by atoms with Crippen LogP contribution in [0, 0.1) is 11.7 Å². The second kappa shape index (κ2) is 7.39. The van der Waals surface area contributed by atoms with E-state index < -0.39 is 0 Å². The molecule has 0 amide bonds. The lowest BCUT2D eigenvalue weighted by Gasteiger charge is -2.31. The molecule has 1 saturated heterocycles. The molecule has 1 atom stereocenters. The number of likely N-dealkylation sites (tertiary alicyclic amines) is 1. The maximum absolute atomic E-state index is 13.7. The van der Waals surface area contributed by atoms with Crippen LogP contribution in [0.5, 0.6) is 0 Å². The van der Waals surface area contributed by atoms with Gasteiger partial charge in [0, 0.05) is 29.7 Å². The monoisotopic (exact) mass is 298 g/mol. The van der Waals surface area contributed by atoms with E-state index >= 15 is 0 Å². The first-order valence-electron chi connectivity index (χ1n) is 7.46. The Morgan fingerprint density at radius 1 is 1.30 bits per heavy atom. The topological polar surface area (TPSA) is 15.3 Å². The van der Waals surface area contributed by atoms with Crippen molar-refractivity contribution in [3.63, 3.8) is 0 Å². The Morgan fingerprint density at radius 3 is 2.60 bits per heavy atom. The number of nitrogens with one attached hydrogen (secondary N) is 1. The van der Waals surface area contributed by atoms with Gasteiger partial charge >= 0.3 is 0 Å². The van der Waals surface area contributed by atoms with Crippen LogP contribution in [0.3, 0.4) is 0 Å². The third kappa shape index (κ3) is 4.18. The van der Waals surface area contributed by atoms with E-state index in [2.05, 4.69) is 24.1 Å². The summed E-state index contributed by atoms with van der Waals surface area (Å²) in [5.41, 5.74) is 0.679. The number of nitrogens with zero attached hydrogens (tertiary/aromatic N) is 1. The number of hydrogen-bond acceptors (Lipinski definition) is 2. The highest BCUT2D eigenvalue weighted by molar-refractivity contribution is 6.30. The summed E-state index contributed by atoms with van der Waals surface area (Å²) in [6, 6.07) is 5.40. The van der Waals surface area contributed by atoms with E-state index in [1.54, 1.807) is 12.1 Å². The quantitative estimate of drug-likeness (QED) is 0.862. The van der Waals surface area contributed by atoms with Crippen molar-refractivity contribution in [3.8, 4) is 0 Å². The van der Waals surface area contributed by atoms with Gasteiger partial charge in [-0.05, 0) is 44.0 Å². The molecule has 2 rings (SSSR count). The molecule has 1 heterocycles. The van der Waals surface area contributed by atoms with Gasteiger partial charge in [0.2, 0.25) is 0 Å². The highest BCUT2D eigenvalue weighted by Gasteiger charge is 2.24. The fourth-order valence-electron chi connectivity index (χ4n) is 2.88. The van der Waals surface area contributed by atoms with Crippen LogP contribution in [0.1, 0.15) is 32.3 Å². The summed E-state index contributed by atoms with van der Waals surface area (Å²) in [6.45, 7) is 8.36. The summed E-state index contributed by atoms with van der Waals surface area (Å²) < 4.78 is 13.7. The lowest BCUT2D eigenvalue weighted by molar-refractivity contribution is 0.186. The Balaban J connectivity index is 1.86. The van der Waals surface area contributed by atoms with Crippen LogP contribution in [-0.4, -0.2) is 30.6 Å². The summed E-state index contributed by atoms with van der Waals surface area (Å²) in [5.74, 6) is 0.378. The van der Waals surface area contributed by atoms with Crippen molar-refractivity contribution >= 4 is 11.6 Å². The largest absolute Gasteiger partial charge is 0.311 e. The molecule has 0 aliphatic carbocycles. The van der Waals surface area contributed by atoms with Crippen LogP contribution in [0.4, 0.5) is 4.39 Å². The third-order valence-electron chi connectivity index (χ3n) is 4.06. The van der Waals surface area contributed by atoms with E-state index in [-0.39, 0.29) is 5.82 Å². The average molecular weight is 299 g/mol. The van der Waals surface area contributed by atoms with Crippen LogP contribution in [0.2, 0.25) is 5.02 Å². The second-order valence-electron chi connectivity index (χ2n) is 5.92. The van der Waals surface area contributed by atoms with Gasteiger partial charge in [-0.3, -0.25) is 4.90 Å². The minimum absolute atomic E-state index is 0.229. The minimum atomic E-state index is -0.229. The van der Waals surface area contributed by atoms with Crippen molar-refractivity contribution in [1.82, 2.24) is 10.2 Å². The van der Waals surface area contributed by atoms with Gasteiger partial charge in [-0.25, -0.2) is 4.39 Å². The van der Waals surface area contributed by atoms with Gasteiger partial charge in [-0.15, -0.1) is 0 Å². The summed E-state index contributed by atoms with van der Waals surface area (Å²) in [6.07, 6.45) is 2.60. The van der Waals surface area contributed by atoms with Crippen molar-refractivity contribution < 1.29 is 4.39 Å². The van der Waals surface area contributed by atoms with Crippen LogP contribution in [-0.2, 0) is 6.54 Å². The molecule has 1 unspecified atom stereocenters. The van der Waals surface area contributed by atoms with Gasteiger partial charge in [-0.1, -0.05) is 31.5 Å². The lowest BCUT2D eigenvalue weighted by Crippen LogP contribution is -2.44. The molecule has 1 aliphatic heterocycles. The Hall–Kier alpha value is -0.640. The predicted octanol–water partition coefficient (Wildman–Crippen LogP) is 3.69. The zero-order valence-electron chi connectivity index (χ0n) is 12.3. The van der Waals surface area contributed by atoms with Crippen LogP contribution < -0.4 is 5.32 Å². The molecule has 1 fully saturated rings. The Morgan fingerprint density at radius 2 is 2.00 bits per heavy atom. The maximum atomic E-state index is 13.7. The van der Waals surface area contributed by atoms with E-state index in [0.29, 0.717) is 29.1 Å². The van der Waals surface area contributed by atoms with Gasteiger partial charge in [0.1, 0.15) is 5.82 Å². The third-order valence-corrected chi connectivity index (χ3v) is 4.30. The van der Waals surface area contributed by atoms with E-state index in [9.17, 15) is 4.39 Å². The molecule has 112 valence electrons. The van der Waals surface area contributed by atoms with E-state index in [1.165, 1.54) is 32.0 Å². The number of benzene rings is 1. The normalized spacial score (nSPS) is 17.9. The first kappa shape index (κ1) is 15.7. The summed E-state index contributed by atoms with van der Waals surface area (Å²) in [4.78, 5) is 2.55. The first-order valence-corrected chi connectivity index (χ1v) is 7.84. The molecule has 20 heavy (non-hydrogen) atoms. The SMILES string of the molecule is CC(C)C(CNCc1ccc(Cl)cc1F)N1CCCC1. The van der Waals surface area contributed by atoms with Gasteiger partial charge in [0.25, 0.3) is 0 Å². The zero-order chi connectivity index (χ0) is 14.5. The van der Waals surface area contributed by atoms with Crippen LogP contribution >= 0.6 is 11.6 Å². The lowest BCUT2D eigenvalue weighted by atomic mass is 10.0. The standard InChI is InChI=1S/C16H24ClFN2/c1-12(2)16(20-7-3-4-8-20)11-19-10-13-5-6-14(17)9-15(13)18/h5-6,9,12,16,19H,3-4,7-8,10-11H2,1-2H3. The highest BCUT2D eigenvalue weighted by atomic mass is 35.5. The summed E-state index contributed by atoms with van der Waals surface area (Å²) in [7, 11) is 0. The molecule has 1 aromatic rings. The van der Waals surface area contributed by atoms with Crippen molar-refractivity contribution in [2.24, 2.45) is 5.92 Å². The molecular weight excluding hydrogens is 275 g/mol.